The molecule has 1 aromatic heterocycles. The molecule has 3 aromatic rings. The first kappa shape index (κ1) is 28.3. The van der Waals surface area contributed by atoms with Crippen LogP contribution in [0.3, 0.4) is 0 Å². The molecule has 3 saturated heterocycles. The number of aromatic nitrogens is 3. The summed E-state index contributed by atoms with van der Waals surface area (Å²) in [7, 11) is 0. The van der Waals surface area contributed by atoms with Crippen molar-refractivity contribution in [2.75, 3.05) is 13.2 Å². The molecule has 3 N–H and O–H groups in total. The molecule has 3 amide bonds. The number of para-hydroxylation sites is 1. The van der Waals surface area contributed by atoms with Crippen molar-refractivity contribution in [1.29, 1.82) is 0 Å². The number of hydrogen-bond acceptors (Lipinski definition) is 7. The minimum absolute atomic E-state index is 0.0360. The van der Waals surface area contributed by atoms with Gasteiger partial charge in [-0.3, -0.25) is 14.4 Å². The Balaban J connectivity index is 1.38. The molecule has 11 nitrogen and oxygen atoms in total. The molecule has 3 fully saturated rings. The second kappa shape index (κ2) is 10.8. The summed E-state index contributed by atoms with van der Waals surface area (Å²) in [5.41, 5.74) is 0.274. The Morgan fingerprint density at radius 1 is 1.12 bits per heavy atom. The molecule has 1 spiro atoms. The maximum atomic E-state index is 14.5. The van der Waals surface area contributed by atoms with Gasteiger partial charge in [0.05, 0.1) is 35.6 Å². The molecule has 6 rings (SSSR count). The number of ether oxygens (including phenoxy) is 1. The fourth-order valence-electron chi connectivity index (χ4n) is 7.55. The van der Waals surface area contributed by atoms with Crippen molar-refractivity contribution in [3.05, 3.63) is 60.2 Å². The average molecular weight is 575 g/mol. The zero-order chi connectivity index (χ0) is 29.6. The normalized spacial score (nSPS) is 30.5. The van der Waals surface area contributed by atoms with Gasteiger partial charge in [0.2, 0.25) is 17.7 Å². The molecule has 222 valence electrons. The third-order valence-electron chi connectivity index (χ3n) is 9.57. The van der Waals surface area contributed by atoms with Gasteiger partial charge in [-0.15, -0.1) is 5.10 Å². The molecular formula is C31H38N6O5. The maximum Gasteiger partial charge on any atom is 0.247 e. The van der Waals surface area contributed by atoms with Gasteiger partial charge in [-0.1, -0.05) is 61.5 Å². The van der Waals surface area contributed by atoms with Gasteiger partial charge in [0.15, 0.2) is 0 Å². The molecule has 3 aliphatic rings. The molecule has 0 radical (unpaired) electrons. The smallest absolute Gasteiger partial charge is 0.247 e. The molecule has 0 saturated carbocycles. The standard InChI is InChI=1S/C31H38N6O5/c1-4-14-32-27(39)24-25-29(41)37(21(17-38)15-20-10-6-5-7-11-20)26(31(25)16-19(2)30(24,3)42-31)28(40)33-18-36-23-13-9-8-12-22(23)34-35-36/h5-13,19,21,24-26,38H,4,14-18H2,1-3H3,(H,32,39)(H,33,40)/t19?,21-,24+,25+,26?,30-,31?/m1/s1. The van der Waals surface area contributed by atoms with Crippen LogP contribution in [0.15, 0.2) is 54.6 Å². The van der Waals surface area contributed by atoms with Gasteiger partial charge in [-0.25, -0.2) is 4.68 Å². The van der Waals surface area contributed by atoms with Crippen molar-refractivity contribution in [3.8, 4) is 0 Å². The van der Waals surface area contributed by atoms with Crippen LogP contribution in [0.4, 0.5) is 0 Å². The van der Waals surface area contributed by atoms with E-state index < -0.39 is 41.0 Å². The maximum absolute atomic E-state index is 14.5. The number of aliphatic hydroxyl groups excluding tert-OH is 1. The fourth-order valence-corrected chi connectivity index (χ4v) is 7.55. The van der Waals surface area contributed by atoms with Gasteiger partial charge < -0.3 is 25.4 Å². The lowest BCUT2D eigenvalue weighted by Gasteiger charge is -2.37. The predicted molar refractivity (Wildman–Crippen MR) is 154 cm³/mol. The largest absolute Gasteiger partial charge is 0.394 e. The first-order valence-corrected chi connectivity index (χ1v) is 14.8. The number of rotatable bonds is 10. The fraction of sp³-hybridized carbons (Fsp3) is 0.516. The number of benzene rings is 2. The van der Waals surface area contributed by atoms with Crippen LogP contribution in [0, 0.1) is 17.8 Å². The Morgan fingerprint density at radius 2 is 1.86 bits per heavy atom. The van der Waals surface area contributed by atoms with Gasteiger partial charge in [0.1, 0.15) is 23.8 Å². The van der Waals surface area contributed by atoms with Gasteiger partial charge in [-0.2, -0.15) is 0 Å². The average Bonchev–Trinajstić information content (AvgIpc) is 3.67. The third-order valence-corrected chi connectivity index (χ3v) is 9.57. The van der Waals surface area contributed by atoms with Crippen LogP contribution >= 0.6 is 0 Å². The first-order valence-electron chi connectivity index (χ1n) is 14.8. The van der Waals surface area contributed by atoms with Crippen molar-refractivity contribution >= 4 is 28.8 Å². The highest BCUT2D eigenvalue weighted by Gasteiger charge is 2.80. The van der Waals surface area contributed by atoms with Crippen LogP contribution in [0.5, 0.6) is 0 Å². The van der Waals surface area contributed by atoms with E-state index in [1.807, 2.05) is 75.4 Å². The molecule has 3 aliphatic heterocycles. The minimum atomic E-state index is -1.21. The van der Waals surface area contributed by atoms with Crippen molar-refractivity contribution in [1.82, 2.24) is 30.5 Å². The summed E-state index contributed by atoms with van der Waals surface area (Å²) in [5.74, 6) is -2.65. The Kier molecular flexibility index (Phi) is 7.26. The summed E-state index contributed by atoms with van der Waals surface area (Å²) >= 11 is 0. The highest BCUT2D eigenvalue weighted by atomic mass is 16.5. The Labute approximate surface area is 244 Å². The van der Waals surface area contributed by atoms with Crippen LogP contribution in [-0.2, 0) is 32.2 Å². The summed E-state index contributed by atoms with van der Waals surface area (Å²) in [4.78, 5) is 43.9. The van der Waals surface area contributed by atoms with E-state index in [0.717, 1.165) is 17.5 Å². The van der Waals surface area contributed by atoms with Crippen molar-refractivity contribution in [2.24, 2.45) is 17.8 Å². The predicted octanol–water partition coefficient (Wildman–Crippen LogP) is 1.65. The number of fused-ring (bicyclic) bond motifs is 2. The molecule has 0 aliphatic carbocycles. The molecule has 2 bridgehead atoms. The van der Waals surface area contributed by atoms with E-state index in [4.69, 9.17) is 4.74 Å². The Morgan fingerprint density at radius 3 is 2.60 bits per heavy atom. The third kappa shape index (κ3) is 4.29. The van der Waals surface area contributed by atoms with E-state index in [-0.39, 0.29) is 31.0 Å². The lowest BCUT2D eigenvalue weighted by atomic mass is 9.62. The van der Waals surface area contributed by atoms with Gasteiger partial charge >= 0.3 is 0 Å². The first-order chi connectivity index (χ1) is 20.2. The second-order valence-electron chi connectivity index (χ2n) is 12.0. The summed E-state index contributed by atoms with van der Waals surface area (Å²) in [5, 5.41) is 24.9. The molecule has 3 unspecified atom stereocenters. The van der Waals surface area contributed by atoms with E-state index in [1.54, 1.807) is 4.68 Å². The van der Waals surface area contributed by atoms with Crippen LogP contribution in [0.1, 0.15) is 39.2 Å². The number of hydrogen-bond donors (Lipinski definition) is 3. The van der Waals surface area contributed by atoms with Crippen molar-refractivity contribution in [3.63, 3.8) is 0 Å². The van der Waals surface area contributed by atoms with Crippen LogP contribution < -0.4 is 10.6 Å². The van der Waals surface area contributed by atoms with E-state index in [0.29, 0.717) is 24.9 Å². The molecule has 42 heavy (non-hydrogen) atoms. The highest BCUT2D eigenvalue weighted by Crippen LogP contribution is 2.65. The second-order valence-corrected chi connectivity index (χ2v) is 12.0. The summed E-state index contributed by atoms with van der Waals surface area (Å²) < 4.78 is 8.38. The van der Waals surface area contributed by atoms with Crippen LogP contribution in [-0.4, -0.2) is 79.2 Å². The molecule has 7 atom stereocenters. The summed E-state index contributed by atoms with van der Waals surface area (Å²) in [6.07, 6.45) is 1.55. The van der Waals surface area contributed by atoms with E-state index in [9.17, 15) is 19.5 Å². The van der Waals surface area contributed by atoms with Crippen molar-refractivity contribution < 1.29 is 24.2 Å². The van der Waals surface area contributed by atoms with E-state index in [1.165, 1.54) is 4.90 Å². The van der Waals surface area contributed by atoms with Crippen LogP contribution in [0.2, 0.25) is 0 Å². The molecule has 4 heterocycles. The number of nitrogens with zero attached hydrogens (tertiary/aromatic N) is 4. The lowest BCUT2D eigenvalue weighted by molar-refractivity contribution is -0.151. The molecule has 2 aromatic carbocycles. The summed E-state index contributed by atoms with van der Waals surface area (Å²) in [6.45, 7) is 6.06. The summed E-state index contributed by atoms with van der Waals surface area (Å²) in [6, 6.07) is 15.3. The van der Waals surface area contributed by atoms with Crippen LogP contribution in [0.25, 0.3) is 11.0 Å². The number of likely N-dealkylation sites (tertiary alicyclic amines) is 1. The highest BCUT2D eigenvalue weighted by molar-refractivity contribution is 5.99. The van der Waals surface area contributed by atoms with Gasteiger partial charge in [-0.05, 0) is 49.8 Å². The molecular weight excluding hydrogens is 536 g/mol. The van der Waals surface area contributed by atoms with Crippen molar-refractivity contribution in [2.45, 2.75) is 70.0 Å². The Bertz CT molecular complexity index is 1500. The van der Waals surface area contributed by atoms with Gasteiger partial charge in [0.25, 0.3) is 0 Å². The zero-order valence-electron chi connectivity index (χ0n) is 24.2. The number of amides is 3. The zero-order valence-corrected chi connectivity index (χ0v) is 24.2. The number of carbonyl (C=O) groups excluding carboxylic acids is 3. The Hall–Kier alpha value is -3.83. The van der Waals surface area contributed by atoms with Gasteiger partial charge in [0, 0.05) is 6.54 Å². The topological polar surface area (TPSA) is 139 Å². The monoisotopic (exact) mass is 574 g/mol. The minimum Gasteiger partial charge on any atom is -0.394 e. The number of carbonyl (C=O) groups is 3. The quantitative estimate of drug-likeness (QED) is 0.335. The van der Waals surface area contributed by atoms with E-state index in [2.05, 4.69) is 20.9 Å². The lowest BCUT2D eigenvalue weighted by Crippen LogP contribution is -2.58. The van der Waals surface area contributed by atoms with E-state index >= 15 is 0 Å². The molecule has 11 heteroatoms. The SMILES string of the molecule is CCCNC(=O)[C@@H]1[C@H]2C(=O)N([C@@H](CO)Cc3ccccc3)C(C(=O)NCn3nnc4ccccc43)C23CC(C)[C@@]1(C)O3. The number of nitrogens with one attached hydrogen (secondary N) is 2. The number of aliphatic hydroxyl groups is 1.